The van der Waals surface area contributed by atoms with Crippen molar-refractivity contribution in [3.05, 3.63) is 64.6 Å². The molecule has 1 amide bonds. The van der Waals surface area contributed by atoms with Gasteiger partial charge in [-0.25, -0.2) is 9.97 Å². The van der Waals surface area contributed by atoms with E-state index in [9.17, 15) is 9.59 Å². The first kappa shape index (κ1) is 23.9. The fourth-order valence-electron chi connectivity index (χ4n) is 4.56. The topological polar surface area (TPSA) is 83.4 Å². The number of carbonyl (C=O) groups is 1. The summed E-state index contributed by atoms with van der Waals surface area (Å²) in [6.45, 7) is 9.48. The van der Waals surface area contributed by atoms with Crippen molar-refractivity contribution in [2.24, 2.45) is 5.92 Å². The van der Waals surface area contributed by atoms with Crippen LogP contribution in [-0.4, -0.2) is 64.6 Å². The summed E-state index contributed by atoms with van der Waals surface area (Å²) in [5.74, 6) is 0.530. The monoisotopic (exact) mass is 462 g/mol. The quantitative estimate of drug-likeness (QED) is 0.526. The number of likely N-dealkylation sites (N-methyl/N-ethyl adjacent to an activating group) is 1. The molecule has 8 heteroatoms. The van der Waals surface area contributed by atoms with Gasteiger partial charge in [-0.3, -0.25) is 14.2 Å². The Morgan fingerprint density at radius 2 is 1.82 bits per heavy atom. The molecule has 4 rings (SSSR count). The Morgan fingerprint density at radius 1 is 1.09 bits per heavy atom. The zero-order valence-electron chi connectivity index (χ0n) is 20.1. The van der Waals surface area contributed by atoms with E-state index in [0.717, 1.165) is 25.2 Å². The standard InChI is InChI=1S/C26H34N6O2/c1-3-30(4-2)18-15-28-25(33)21-12-16-31(17-13-21)24-26(34)32(19-20-9-6-5-7-10-20)23-22(29-24)11-8-14-27-23/h5-11,14,21H,3-4,12-13,15-19H2,1-2H3,(H,28,33). The Hall–Kier alpha value is -3.26. The lowest BCUT2D eigenvalue weighted by Gasteiger charge is -2.32. The molecule has 1 N–H and O–H groups in total. The lowest BCUT2D eigenvalue weighted by atomic mass is 9.96. The number of anilines is 1. The van der Waals surface area contributed by atoms with Crippen LogP contribution in [0, 0.1) is 5.92 Å². The van der Waals surface area contributed by atoms with Crippen molar-refractivity contribution in [2.45, 2.75) is 33.2 Å². The number of hydrogen-bond acceptors (Lipinski definition) is 6. The molecule has 1 aliphatic heterocycles. The SMILES string of the molecule is CCN(CC)CCNC(=O)C1CCN(c2nc3cccnc3n(Cc3ccccc3)c2=O)CC1. The van der Waals surface area contributed by atoms with Crippen molar-refractivity contribution in [3.63, 3.8) is 0 Å². The average Bonchev–Trinajstić information content (AvgIpc) is 2.89. The van der Waals surface area contributed by atoms with E-state index < -0.39 is 0 Å². The van der Waals surface area contributed by atoms with Gasteiger partial charge in [-0.05, 0) is 43.6 Å². The number of fused-ring (bicyclic) bond motifs is 1. The van der Waals surface area contributed by atoms with Crippen molar-refractivity contribution < 1.29 is 4.79 Å². The molecule has 2 aromatic heterocycles. The van der Waals surface area contributed by atoms with Crippen molar-refractivity contribution in [1.29, 1.82) is 0 Å². The summed E-state index contributed by atoms with van der Waals surface area (Å²) >= 11 is 0. The average molecular weight is 463 g/mol. The van der Waals surface area contributed by atoms with E-state index in [1.807, 2.05) is 47.4 Å². The minimum absolute atomic E-state index is 0.0263. The fourth-order valence-corrected chi connectivity index (χ4v) is 4.56. The normalized spacial score (nSPS) is 14.6. The zero-order chi connectivity index (χ0) is 23.9. The summed E-state index contributed by atoms with van der Waals surface area (Å²) in [6, 6.07) is 13.6. The van der Waals surface area contributed by atoms with Crippen LogP contribution in [0.4, 0.5) is 5.82 Å². The predicted octanol–water partition coefficient (Wildman–Crippen LogP) is 2.51. The Labute approximate surface area is 200 Å². The van der Waals surface area contributed by atoms with Crippen LogP contribution in [0.25, 0.3) is 11.2 Å². The Morgan fingerprint density at radius 3 is 2.53 bits per heavy atom. The molecule has 0 atom stereocenters. The van der Waals surface area contributed by atoms with E-state index in [2.05, 4.69) is 34.0 Å². The van der Waals surface area contributed by atoms with Crippen molar-refractivity contribution in [1.82, 2.24) is 24.8 Å². The molecule has 180 valence electrons. The number of nitrogens with one attached hydrogen (secondary N) is 1. The number of nitrogens with zero attached hydrogens (tertiary/aromatic N) is 5. The smallest absolute Gasteiger partial charge is 0.295 e. The summed E-state index contributed by atoms with van der Waals surface area (Å²) in [5.41, 5.74) is 2.18. The molecule has 0 aliphatic carbocycles. The van der Waals surface area contributed by atoms with Crippen molar-refractivity contribution in [2.75, 3.05) is 44.2 Å². The van der Waals surface area contributed by atoms with Crippen LogP contribution < -0.4 is 15.8 Å². The molecule has 3 aromatic rings. The van der Waals surface area contributed by atoms with E-state index in [0.29, 0.717) is 56.0 Å². The number of amides is 1. The van der Waals surface area contributed by atoms with E-state index in [1.54, 1.807) is 10.8 Å². The molecule has 0 bridgehead atoms. The van der Waals surface area contributed by atoms with Gasteiger partial charge in [0.1, 0.15) is 5.52 Å². The highest BCUT2D eigenvalue weighted by Gasteiger charge is 2.27. The van der Waals surface area contributed by atoms with Crippen LogP contribution in [0.1, 0.15) is 32.3 Å². The predicted molar refractivity (Wildman–Crippen MR) is 135 cm³/mol. The van der Waals surface area contributed by atoms with E-state index in [1.165, 1.54) is 0 Å². The summed E-state index contributed by atoms with van der Waals surface area (Å²) in [5, 5.41) is 3.09. The second-order valence-corrected chi connectivity index (χ2v) is 8.74. The lowest BCUT2D eigenvalue weighted by Crippen LogP contribution is -2.44. The molecule has 0 saturated carbocycles. The maximum Gasteiger partial charge on any atom is 0.295 e. The number of piperidine rings is 1. The summed E-state index contributed by atoms with van der Waals surface area (Å²) < 4.78 is 1.71. The maximum atomic E-state index is 13.5. The Kier molecular flexibility index (Phi) is 7.90. The lowest BCUT2D eigenvalue weighted by molar-refractivity contribution is -0.125. The Bertz CT molecular complexity index is 1150. The van der Waals surface area contributed by atoms with Crippen LogP contribution in [0.3, 0.4) is 0 Å². The third kappa shape index (κ3) is 5.44. The second kappa shape index (κ2) is 11.2. The van der Waals surface area contributed by atoms with Gasteiger partial charge in [0.05, 0.1) is 6.54 Å². The Balaban J connectivity index is 1.47. The molecule has 3 heterocycles. The molecule has 0 spiro atoms. The summed E-state index contributed by atoms with van der Waals surface area (Å²) in [7, 11) is 0. The van der Waals surface area contributed by atoms with Gasteiger partial charge in [0.15, 0.2) is 11.5 Å². The van der Waals surface area contributed by atoms with Gasteiger partial charge in [-0.1, -0.05) is 44.2 Å². The molecule has 1 aromatic carbocycles. The van der Waals surface area contributed by atoms with Gasteiger partial charge in [0.2, 0.25) is 5.91 Å². The minimum Gasteiger partial charge on any atom is -0.355 e. The van der Waals surface area contributed by atoms with Gasteiger partial charge >= 0.3 is 0 Å². The van der Waals surface area contributed by atoms with Crippen molar-refractivity contribution in [3.8, 4) is 0 Å². The molecule has 0 radical (unpaired) electrons. The molecule has 1 fully saturated rings. The van der Waals surface area contributed by atoms with E-state index in [-0.39, 0.29) is 17.4 Å². The molecule has 1 aliphatic rings. The first-order chi connectivity index (χ1) is 16.6. The fraction of sp³-hybridized carbons (Fsp3) is 0.462. The maximum absolute atomic E-state index is 13.5. The first-order valence-corrected chi connectivity index (χ1v) is 12.2. The molecular weight excluding hydrogens is 428 g/mol. The molecule has 1 saturated heterocycles. The number of benzene rings is 1. The van der Waals surface area contributed by atoms with Crippen LogP contribution >= 0.6 is 0 Å². The molecule has 0 unspecified atom stereocenters. The van der Waals surface area contributed by atoms with Crippen LogP contribution in [0.2, 0.25) is 0 Å². The summed E-state index contributed by atoms with van der Waals surface area (Å²) in [6.07, 6.45) is 3.11. The van der Waals surface area contributed by atoms with Gasteiger partial charge in [-0.2, -0.15) is 0 Å². The third-order valence-corrected chi connectivity index (χ3v) is 6.66. The van der Waals surface area contributed by atoms with Crippen LogP contribution in [0.5, 0.6) is 0 Å². The van der Waals surface area contributed by atoms with E-state index >= 15 is 0 Å². The van der Waals surface area contributed by atoms with E-state index in [4.69, 9.17) is 0 Å². The number of rotatable bonds is 9. The zero-order valence-corrected chi connectivity index (χ0v) is 20.1. The third-order valence-electron chi connectivity index (χ3n) is 6.66. The number of aromatic nitrogens is 3. The van der Waals surface area contributed by atoms with Gasteiger partial charge in [-0.15, -0.1) is 0 Å². The van der Waals surface area contributed by atoms with Crippen LogP contribution in [-0.2, 0) is 11.3 Å². The van der Waals surface area contributed by atoms with Gasteiger partial charge < -0.3 is 15.1 Å². The number of pyridine rings is 1. The highest BCUT2D eigenvalue weighted by molar-refractivity contribution is 5.79. The first-order valence-electron chi connectivity index (χ1n) is 12.2. The highest BCUT2D eigenvalue weighted by Crippen LogP contribution is 2.22. The number of hydrogen-bond donors (Lipinski definition) is 1. The van der Waals surface area contributed by atoms with Crippen molar-refractivity contribution >= 4 is 22.9 Å². The highest BCUT2D eigenvalue weighted by atomic mass is 16.2. The molecular formula is C26H34N6O2. The number of carbonyl (C=O) groups excluding carboxylic acids is 1. The van der Waals surface area contributed by atoms with Gasteiger partial charge in [0.25, 0.3) is 5.56 Å². The van der Waals surface area contributed by atoms with Crippen LogP contribution in [0.15, 0.2) is 53.5 Å². The summed E-state index contributed by atoms with van der Waals surface area (Å²) in [4.78, 5) is 39.6. The molecule has 34 heavy (non-hydrogen) atoms. The second-order valence-electron chi connectivity index (χ2n) is 8.74. The minimum atomic E-state index is -0.142. The largest absolute Gasteiger partial charge is 0.355 e. The molecule has 8 nitrogen and oxygen atoms in total. The van der Waals surface area contributed by atoms with Gasteiger partial charge in [0, 0.05) is 38.3 Å².